The van der Waals surface area contributed by atoms with Gasteiger partial charge in [-0.1, -0.05) is 12.1 Å². The molecule has 0 aromatic heterocycles. The first-order valence-electron chi connectivity index (χ1n) is 3.77. The number of carboxylic acid groups (broad SMARTS) is 1. The summed E-state index contributed by atoms with van der Waals surface area (Å²) in [5.74, 6) is -0.191. The molecule has 4 heteroatoms. The van der Waals surface area contributed by atoms with Crippen molar-refractivity contribution in [2.24, 2.45) is 0 Å². The molecule has 0 aliphatic heterocycles. The molecule has 1 aromatic rings. The summed E-state index contributed by atoms with van der Waals surface area (Å²) in [6.07, 6.45) is 2.63. The van der Waals surface area contributed by atoms with E-state index in [2.05, 4.69) is 0 Å². The summed E-state index contributed by atoms with van der Waals surface area (Å²) in [4.78, 5) is 10.2. The van der Waals surface area contributed by atoms with Gasteiger partial charge in [0.1, 0.15) is 5.75 Å². The molecule has 0 spiro atoms. The van der Waals surface area contributed by atoms with E-state index in [1.54, 1.807) is 31.4 Å². The van der Waals surface area contributed by atoms with E-state index in [0.717, 1.165) is 17.4 Å². The Morgan fingerprint density at radius 2 is 1.93 bits per heavy atom. The van der Waals surface area contributed by atoms with Crippen molar-refractivity contribution in [2.75, 3.05) is 7.11 Å². The zero-order chi connectivity index (χ0) is 9.68. The van der Waals surface area contributed by atoms with E-state index in [1.807, 2.05) is 0 Å². The van der Waals surface area contributed by atoms with E-state index in [0.29, 0.717) is 0 Å². The summed E-state index contributed by atoms with van der Waals surface area (Å²) in [6.45, 7) is 0. The SMILES string of the molecule is COc1ccc(C=CC(=O)O)cc1.[K]. The van der Waals surface area contributed by atoms with Crippen molar-refractivity contribution < 1.29 is 14.6 Å². The maximum absolute atomic E-state index is 10.2. The molecular formula is C10H10KO3. The van der Waals surface area contributed by atoms with Crippen LogP contribution in [0.15, 0.2) is 30.3 Å². The van der Waals surface area contributed by atoms with Crippen molar-refractivity contribution in [1.29, 1.82) is 0 Å². The second-order valence-electron chi connectivity index (χ2n) is 2.44. The van der Waals surface area contributed by atoms with Gasteiger partial charge in [-0.3, -0.25) is 0 Å². The van der Waals surface area contributed by atoms with Crippen molar-refractivity contribution in [3.05, 3.63) is 35.9 Å². The molecular weight excluding hydrogens is 207 g/mol. The van der Waals surface area contributed by atoms with Crippen molar-refractivity contribution >= 4 is 63.4 Å². The Bertz CT molecular complexity index is 317. The predicted molar refractivity (Wildman–Crippen MR) is 55.4 cm³/mol. The first kappa shape index (κ1) is 13.9. The Balaban J connectivity index is 0.00000169. The summed E-state index contributed by atoms with van der Waals surface area (Å²) in [6, 6.07) is 7.14. The second kappa shape index (κ2) is 7.20. The van der Waals surface area contributed by atoms with Crippen molar-refractivity contribution in [1.82, 2.24) is 0 Å². The van der Waals surface area contributed by atoms with Crippen LogP contribution >= 0.6 is 0 Å². The van der Waals surface area contributed by atoms with Crippen LogP contribution in [0.2, 0.25) is 0 Å². The normalized spacial score (nSPS) is 9.50. The zero-order valence-electron chi connectivity index (χ0n) is 8.23. The summed E-state index contributed by atoms with van der Waals surface area (Å²) in [5.41, 5.74) is 0.836. The van der Waals surface area contributed by atoms with Crippen LogP contribution in [0, 0.1) is 0 Å². The summed E-state index contributed by atoms with van der Waals surface area (Å²) in [7, 11) is 1.59. The number of carbonyl (C=O) groups is 1. The fraction of sp³-hybridized carbons (Fsp3) is 0.100. The maximum atomic E-state index is 10.2. The van der Waals surface area contributed by atoms with Gasteiger partial charge in [-0.25, -0.2) is 4.79 Å². The third-order valence-corrected chi connectivity index (χ3v) is 1.53. The van der Waals surface area contributed by atoms with Gasteiger partial charge in [-0.05, 0) is 23.8 Å². The standard InChI is InChI=1S/C10H10O3.K/c1-13-9-5-2-8(3-6-9)4-7-10(11)12;/h2-7H,1H3,(H,11,12);. The van der Waals surface area contributed by atoms with Crippen molar-refractivity contribution in [3.8, 4) is 5.75 Å². The van der Waals surface area contributed by atoms with Gasteiger partial charge >= 0.3 is 5.97 Å². The molecule has 0 bridgehead atoms. The van der Waals surface area contributed by atoms with E-state index in [9.17, 15) is 4.79 Å². The monoisotopic (exact) mass is 217 g/mol. The van der Waals surface area contributed by atoms with Crippen LogP contribution < -0.4 is 4.74 Å². The third-order valence-electron chi connectivity index (χ3n) is 1.53. The third kappa shape index (κ3) is 4.93. The van der Waals surface area contributed by atoms with Crippen LogP contribution in [0.1, 0.15) is 5.56 Å². The predicted octanol–water partition coefficient (Wildman–Crippen LogP) is 1.41. The number of hydrogen-bond acceptors (Lipinski definition) is 2. The first-order valence-corrected chi connectivity index (χ1v) is 3.77. The van der Waals surface area contributed by atoms with Gasteiger partial charge in [-0.15, -0.1) is 0 Å². The van der Waals surface area contributed by atoms with Gasteiger partial charge in [0.05, 0.1) is 7.11 Å². The first-order chi connectivity index (χ1) is 6.22. The summed E-state index contributed by atoms with van der Waals surface area (Å²) in [5, 5.41) is 8.36. The number of benzene rings is 1. The number of carboxylic acids is 1. The molecule has 0 unspecified atom stereocenters. The quantitative estimate of drug-likeness (QED) is 0.615. The molecule has 0 fully saturated rings. The molecule has 1 N–H and O–H groups in total. The Hall–Kier alpha value is -0.134. The molecule has 1 aromatic carbocycles. The molecule has 0 heterocycles. The van der Waals surface area contributed by atoms with Crippen LogP contribution in [0.3, 0.4) is 0 Å². The van der Waals surface area contributed by atoms with E-state index in [4.69, 9.17) is 9.84 Å². The number of ether oxygens (including phenoxy) is 1. The Morgan fingerprint density at radius 3 is 2.36 bits per heavy atom. The Labute approximate surface area is 125 Å². The van der Waals surface area contributed by atoms with Gasteiger partial charge < -0.3 is 9.84 Å². The van der Waals surface area contributed by atoms with Crippen molar-refractivity contribution in [2.45, 2.75) is 0 Å². The van der Waals surface area contributed by atoms with Gasteiger partial charge in [0, 0.05) is 57.5 Å². The molecule has 1 radical (unpaired) electrons. The van der Waals surface area contributed by atoms with Crippen LogP contribution in [-0.2, 0) is 4.79 Å². The molecule has 3 nitrogen and oxygen atoms in total. The molecule has 69 valence electrons. The van der Waals surface area contributed by atoms with Crippen molar-refractivity contribution in [3.63, 3.8) is 0 Å². The number of aliphatic carboxylic acids is 1. The van der Waals surface area contributed by atoms with Gasteiger partial charge in [0.15, 0.2) is 0 Å². The van der Waals surface area contributed by atoms with E-state index < -0.39 is 5.97 Å². The van der Waals surface area contributed by atoms with E-state index >= 15 is 0 Å². The molecule has 0 aliphatic carbocycles. The summed E-state index contributed by atoms with van der Waals surface area (Å²) >= 11 is 0. The molecule has 0 aliphatic rings. The molecule has 0 saturated carbocycles. The average molecular weight is 217 g/mol. The topological polar surface area (TPSA) is 46.5 Å². The number of hydrogen-bond donors (Lipinski definition) is 1. The van der Waals surface area contributed by atoms with Crippen LogP contribution in [-0.4, -0.2) is 69.6 Å². The Kier molecular flexibility index (Phi) is 7.13. The molecule has 0 atom stereocenters. The summed E-state index contributed by atoms with van der Waals surface area (Å²) < 4.78 is 4.95. The fourth-order valence-corrected chi connectivity index (χ4v) is 0.883. The minimum Gasteiger partial charge on any atom is -0.497 e. The molecule has 0 saturated heterocycles. The largest absolute Gasteiger partial charge is 0.497 e. The van der Waals surface area contributed by atoms with Gasteiger partial charge in [0.2, 0.25) is 0 Å². The van der Waals surface area contributed by atoms with E-state index in [-0.39, 0.29) is 51.4 Å². The molecule has 14 heavy (non-hydrogen) atoms. The fourth-order valence-electron chi connectivity index (χ4n) is 0.883. The number of rotatable bonds is 3. The smallest absolute Gasteiger partial charge is 0.328 e. The van der Waals surface area contributed by atoms with Crippen LogP contribution in [0.4, 0.5) is 0 Å². The zero-order valence-corrected chi connectivity index (χ0v) is 11.4. The minimum atomic E-state index is -0.948. The second-order valence-corrected chi connectivity index (χ2v) is 2.44. The van der Waals surface area contributed by atoms with Gasteiger partial charge in [0.25, 0.3) is 0 Å². The van der Waals surface area contributed by atoms with Crippen LogP contribution in [0.5, 0.6) is 5.75 Å². The molecule has 1 rings (SSSR count). The van der Waals surface area contributed by atoms with Crippen LogP contribution in [0.25, 0.3) is 6.08 Å². The molecule has 0 amide bonds. The van der Waals surface area contributed by atoms with Gasteiger partial charge in [-0.2, -0.15) is 0 Å². The minimum absolute atomic E-state index is 0. The maximum Gasteiger partial charge on any atom is 0.328 e. The Morgan fingerprint density at radius 1 is 1.36 bits per heavy atom. The van der Waals surface area contributed by atoms with E-state index in [1.165, 1.54) is 6.08 Å². The number of methoxy groups -OCH3 is 1. The average Bonchev–Trinajstić information content (AvgIpc) is 2.15.